The zero-order valence-electron chi connectivity index (χ0n) is 18.0. The molecule has 0 aliphatic carbocycles. The number of carbonyl (C=O) groups excluding carboxylic acids is 1. The van der Waals surface area contributed by atoms with Crippen molar-refractivity contribution in [1.29, 1.82) is 5.26 Å². The summed E-state index contributed by atoms with van der Waals surface area (Å²) in [4.78, 5) is 14.0. The number of nitrogens with zero attached hydrogens (tertiary/aromatic N) is 5. The molecule has 1 aliphatic rings. The van der Waals surface area contributed by atoms with Crippen LogP contribution in [0.15, 0.2) is 30.5 Å². The van der Waals surface area contributed by atoms with Crippen molar-refractivity contribution in [3.8, 4) is 11.8 Å². The minimum absolute atomic E-state index is 0.213. The molecule has 1 saturated heterocycles. The van der Waals surface area contributed by atoms with Crippen LogP contribution >= 0.6 is 0 Å². The maximum atomic E-state index is 12.2. The SMILES string of the molecule is CC(C)(C)OC(=O)N1CCC(COc2ccccc2NC=C(C#N)c2nn[nH]n2)CC1. The Morgan fingerprint density at radius 2 is 2.10 bits per heavy atom. The molecule has 10 nitrogen and oxygen atoms in total. The molecule has 0 bridgehead atoms. The van der Waals surface area contributed by atoms with E-state index in [4.69, 9.17) is 9.47 Å². The van der Waals surface area contributed by atoms with Crippen molar-refractivity contribution in [3.05, 3.63) is 36.3 Å². The smallest absolute Gasteiger partial charge is 0.410 e. The zero-order valence-corrected chi connectivity index (χ0v) is 18.0. The Bertz CT molecular complexity index is 937. The number of benzene rings is 1. The van der Waals surface area contributed by atoms with Gasteiger partial charge in [0.25, 0.3) is 0 Å². The molecule has 31 heavy (non-hydrogen) atoms. The normalized spacial score (nSPS) is 15.3. The monoisotopic (exact) mass is 425 g/mol. The zero-order chi connectivity index (χ0) is 22.3. The molecule has 1 aromatic carbocycles. The number of allylic oxidation sites excluding steroid dienone is 1. The van der Waals surface area contributed by atoms with Crippen LogP contribution < -0.4 is 10.1 Å². The Morgan fingerprint density at radius 1 is 1.35 bits per heavy atom. The number of amides is 1. The number of likely N-dealkylation sites (tertiary alicyclic amines) is 1. The highest BCUT2D eigenvalue weighted by atomic mass is 16.6. The maximum absolute atomic E-state index is 12.2. The Labute approximate surface area is 181 Å². The highest BCUT2D eigenvalue weighted by molar-refractivity contribution is 5.74. The van der Waals surface area contributed by atoms with Crippen LogP contribution in [0.4, 0.5) is 10.5 Å². The van der Waals surface area contributed by atoms with Gasteiger partial charge in [0, 0.05) is 19.3 Å². The van der Waals surface area contributed by atoms with Crippen molar-refractivity contribution < 1.29 is 14.3 Å². The van der Waals surface area contributed by atoms with Crippen LogP contribution in [0.5, 0.6) is 5.75 Å². The second-order valence-electron chi connectivity index (χ2n) is 8.27. The van der Waals surface area contributed by atoms with Gasteiger partial charge in [-0.25, -0.2) is 4.79 Å². The first-order valence-electron chi connectivity index (χ1n) is 10.2. The molecule has 3 rings (SSSR count). The van der Waals surface area contributed by atoms with Gasteiger partial charge in [0.15, 0.2) is 0 Å². The van der Waals surface area contributed by atoms with Crippen molar-refractivity contribution >= 4 is 17.4 Å². The van der Waals surface area contributed by atoms with Gasteiger partial charge in [-0.3, -0.25) is 0 Å². The number of hydrogen-bond acceptors (Lipinski definition) is 8. The third-order valence-corrected chi connectivity index (χ3v) is 4.71. The lowest BCUT2D eigenvalue weighted by Crippen LogP contribution is -2.42. The summed E-state index contributed by atoms with van der Waals surface area (Å²) in [5.41, 5.74) is 0.486. The standard InChI is InChI=1S/C21H27N7O3/c1-21(2,3)31-20(29)28-10-8-15(9-11-28)14-30-18-7-5-4-6-17(18)23-13-16(12-22)19-24-26-27-25-19/h4-7,13,15,23H,8-11,14H2,1-3H3,(H,24,25,26,27). The van der Waals surface area contributed by atoms with E-state index in [0.717, 1.165) is 18.5 Å². The quantitative estimate of drug-likeness (QED) is 0.675. The number of nitriles is 1. The maximum Gasteiger partial charge on any atom is 0.410 e. The molecule has 0 saturated carbocycles. The van der Waals surface area contributed by atoms with Crippen molar-refractivity contribution in [2.45, 2.75) is 39.2 Å². The molecule has 0 unspecified atom stereocenters. The number of ether oxygens (including phenoxy) is 2. The summed E-state index contributed by atoms with van der Waals surface area (Å²) < 4.78 is 11.5. The average molecular weight is 425 g/mol. The molecule has 0 spiro atoms. The van der Waals surface area contributed by atoms with E-state index in [0.29, 0.717) is 31.4 Å². The molecule has 1 fully saturated rings. The number of nitrogens with one attached hydrogen (secondary N) is 2. The summed E-state index contributed by atoms with van der Waals surface area (Å²) in [7, 11) is 0. The second kappa shape index (κ2) is 9.93. The van der Waals surface area contributed by atoms with Crippen LogP contribution in [0.2, 0.25) is 0 Å². The molecule has 0 atom stereocenters. The van der Waals surface area contributed by atoms with Crippen LogP contribution in [-0.4, -0.2) is 56.9 Å². The molecule has 10 heteroatoms. The predicted octanol–water partition coefficient (Wildman–Crippen LogP) is 3.20. The minimum Gasteiger partial charge on any atom is -0.491 e. The summed E-state index contributed by atoms with van der Waals surface area (Å²) in [6, 6.07) is 9.53. The van der Waals surface area contributed by atoms with E-state index in [9.17, 15) is 10.1 Å². The molecule has 164 valence electrons. The summed E-state index contributed by atoms with van der Waals surface area (Å²) in [5, 5.41) is 25.8. The van der Waals surface area contributed by atoms with Crippen molar-refractivity contribution in [3.63, 3.8) is 0 Å². The van der Waals surface area contributed by atoms with E-state index >= 15 is 0 Å². The van der Waals surface area contributed by atoms with Crippen LogP contribution in [0.3, 0.4) is 0 Å². The lowest BCUT2D eigenvalue weighted by Gasteiger charge is -2.33. The summed E-state index contributed by atoms with van der Waals surface area (Å²) in [5.74, 6) is 1.24. The molecule has 2 heterocycles. The highest BCUT2D eigenvalue weighted by Crippen LogP contribution is 2.27. The lowest BCUT2D eigenvalue weighted by molar-refractivity contribution is 0.0165. The van der Waals surface area contributed by atoms with E-state index in [2.05, 4.69) is 25.9 Å². The molecule has 0 radical (unpaired) electrons. The highest BCUT2D eigenvalue weighted by Gasteiger charge is 2.27. The van der Waals surface area contributed by atoms with Gasteiger partial charge in [-0.1, -0.05) is 12.1 Å². The van der Waals surface area contributed by atoms with Gasteiger partial charge in [-0.15, -0.1) is 10.2 Å². The fourth-order valence-electron chi connectivity index (χ4n) is 3.10. The number of carbonyl (C=O) groups is 1. The van der Waals surface area contributed by atoms with Gasteiger partial charge in [-0.2, -0.15) is 10.5 Å². The number of hydrogen-bond donors (Lipinski definition) is 2. The Hall–Kier alpha value is -3.61. The lowest BCUT2D eigenvalue weighted by atomic mass is 9.98. The second-order valence-corrected chi connectivity index (χ2v) is 8.27. The van der Waals surface area contributed by atoms with Gasteiger partial charge in [0.05, 0.1) is 12.3 Å². The first-order chi connectivity index (χ1) is 14.9. The molecule has 2 N–H and O–H groups in total. The Balaban J connectivity index is 1.53. The molecule has 1 aliphatic heterocycles. The number of piperidine rings is 1. The fourth-order valence-corrected chi connectivity index (χ4v) is 3.10. The van der Waals surface area contributed by atoms with Gasteiger partial charge in [-0.05, 0) is 56.9 Å². The largest absolute Gasteiger partial charge is 0.491 e. The van der Waals surface area contributed by atoms with Gasteiger partial charge in [0.1, 0.15) is 23.0 Å². The third-order valence-electron chi connectivity index (χ3n) is 4.71. The number of anilines is 1. The molecular weight excluding hydrogens is 398 g/mol. The molecule has 2 aromatic rings. The topological polar surface area (TPSA) is 129 Å². The van der Waals surface area contributed by atoms with Gasteiger partial charge in [0.2, 0.25) is 5.82 Å². The predicted molar refractivity (Wildman–Crippen MR) is 114 cm³/mol. The number of tetrazole rings is 1. The number of para-hydroxylation sites is 2. The van der Waals surface area contributed by atoms with Crippen LogP contribution in [0, 0.1) is 17.2 Å². The van der Waals surface area contributed by atoms with Crippen molar-refractivity contribution in [2.24, 2.45) is 5.92 Å². The van der Waals surface area contributed by atoms with E-state index in [1.807, 2.05) is 51.1 Å². The number of aromatic nitrogens is 4. The van der Waals surface area contributed by atoms with Gasteiger partial charge < -0.3 is 19.7 Å². The first kappa shape index (κ1) is 22.1. The van der Waals surface area contributed by atoms with Crippen LogP contribution in [0.1, 0.15) is 39.4 Å². The third kappa shape index (κ3) is 6.44. The van der Waals surface area contributed by atoms with E-state index < -0.39 is 5.60 Å². The van der Waals surface area contributed by atoms with E-state index in [1.165, 1.54) is 6.20 Å². The van der Waals surface area contributed by atoms with Crippen LogP contribution in [0.25, 0.3) is 5.57 Å². The molecule has 1 aromatic heterocycles. The number of H-pyrrole nitrogens is 1. The fraction of sp³-hybridized carbons (Fsp3) is 0.476. The van der Waals surface area contributed by atoms with Crippen LogP contribution in [-0.2, 0) is 4.74 Å². The Morgan fingerprint density at radius 3 is 2.74 bits per heavy atom. The van der Waals surface area contributed by atoms with Crippen molar-refractivity contribution in [1.82, 2.24) is 25.5 Å². The molecular formula is C21H27N7O3. The number of rotatable bonds is 6. The summed E-state index contributed by atoms with van der Waals surface area (Å²) in [6.07, 6.45) is 2.96. The average Bonchev–Trinajstić information content (AvgIpc) is 3.27. The minimum atomic E-state index is -0.489. The summed E-state index contributed by atoms with van der Waals surface area (Å²) >= 11 is 0. The summed E-state index contributed by atoms with van der Waals surface area (Å²) in [6.45, 7) is 7.46. The van der Waals surface area contributed by atoms with Crippen molar-refractivity contribution in [2.75, 3.05) is 25.0 Å². The van der Waals surface area contributed by atoms with Gasteiger partial charge >= 0.3 is 6.09 Å². The Kier molecular flexibility index (Phi) is 7.07. The van der Waals surface area contributed by atoms with E-state index in [-0.39, 0.29) is 17.5 Å². The number of aromatic amines is 1. The molecule has 1 amide bonds. The van der Waals surface area contributed by atoms with E-state index in [1.54, 1.807) is 4.90 Å². The first-order valence-corrected chi connectivity index (χ1v) is 10.2.